The maximum Gasteiger partial charge on any atom is 0.137 e. The van der Waals surface area contributed by atoms with Crippen molar-refractivity contribution in [3.63, 3.8) is 0 Å². The quantitative estimate of drug-likeness (QED) is 0.159. The number of aromatic nitrogens is 2. The lowest BCUT2D eigenvalue weighted by molar-refractivity contribution is 0.483. The van der Waals surface area contributed by atoms with Crippen molar-refractivity contribution in [1.29, 1.82) is 0 Å². The lowest BCUT2D eigenvalue weighted by atomic mass is 9.77. The van der Waals surface area contributed by atoms with Crippen LogP contribution in [-0.4, -0.2) is 16.2 Å². The molecule has 0 fully saturated rings. The third kappa shape index (κ3) is 8.76. The van der Waals surface area contributed by atoms with Gasteiger partial charge < -0.3 is 14.5 Å². The van der Waals surface area contributed by atoms with Gasteiger partial charge in [-0.25, -0.2) is 4.98 Å². The molecule has 10 rings (SSSR count). The van der Waals surface area contributed by atoms with Crippen molar-refractivity contribution in [2.24, 2.45) is 0 Å². The largest absolute Gasteiger partial charge is 0.457 e. The van der Waals surface area contributed by atoms with Gasteiger partial charge in [-0.05, 0) is 134 Å². The van der Waals surface area contributed by atoms with Crippen LogP contribution < -0.4 is 14.5 Å². The van der Waals surface area contributed by atoms with E-state index in [-0.39, 0.29) is 21.7 Å². The molecule has 0 saturated heterocycles. The van der Waals surface area contributed by atoms with E-state index in [2.05, 4.69) is 262 Å². The first-order valence-electron chi connectivity index (χ1n) is 25.0. The summed E-state index contributed by atoms with van der Waals surface area (Å²) in [6.45, 7) is 30.5. The van der Waals surface area contributed by atoms with Crippen LogP contribution in [0.15, 0.2) is 164 Å². The van der Waals surface area contributed by atoms with Gasteiger partial charge in [0.2, 0.25) is 0 Å². The van der Waals surface area contributed by atoms with Crippen molar-refractivity contribution in [3.8, 4) is 39.6 Å². The zero-order valence-corrected chi connectivity index (χ0v) is 43.5. The van der Waals surface area contributed by atoms with Crippen LogP contribution in [-0.2, 0) is 21.7 Å². The molecular weight excluding hydrogens is 853 g/mol. The maximum absolute atomic E-state index is 6.93. The number of pyridine rings is 1. The van der Waals surface area contributed by atoms with E-state index in [9.17, 15) is 0 Å². The molecule has 9 aromatic rings. The van der Waals surface area contributed by atoms with Crippen LogP contribution in [0.5, 0.6) is 11.5 Å². The summed E-state index contributed by atoms with van der Waals surface area (Å²) in [7, 11) is 0. The zero-order valence-electron chi connectivity index (χ0n) is 43.5. The molecule has 1 aliphatic heterocycles. The molecule has 0 radical (unpaired) electrons. The highest BCUT2D eigenvalue weighted by atomic mass is 16.5. The van der Waals surface area contributed by atoms with Gasteiger partial charge in [-0.2, -0.15) is 0 Å². The van der Waals surface area contributed by atoms with Crippen LogP contribution >= 0.6 is 0 Å². The molecule has 70 heavy (non-hydrogen) atoms. The van der Waals surface area contributed by atoms with Crippen LogP contribution in [0.25, 0.3) is 49.9 Å². The second-order valence-corrected chi connectivity index (χ2v) is 23.6. The number of hydrogen-bond donors (Lipinski definition) is 0. The van der Waals surface area contributed by atoms with Gasteiger partial charge in [0, 0.05) is 45.9 Å². The lowest BCUT2D eigenvalue weighted by Gasteiger charge is -2.31. The van der Waals surface area contributed by atoms with E-state index in [0.717, 1.165) is 50.7 Å². The summed E-state index contributed by atoms with van der Waals surface area (Å²) in [4.78, 5) is 9.93. The third-order valence-corrected chi connectivity index (χ3v) is 14.1. The number of hydrogen-bond acceptors (Lipinski definition) is 4. The molecule has 5 nitrogen and oxygen atoms in total. The predicted octanol–water partition coefficient (Wildman–Crippen LogP) is 18.1. The van der Waals surface area contributed by atoms with Gasteiger partial charge in [-0.1, -0.05) is 162 Å². The molecule has 0 spiro atoms. The number of rotatable bonds is 7. The molecule has 3 heterocycles. The van der Waals surface area contributed by atoms with Gasteiger partial charge in [0.25, 0.3) is 0 Å². The van der Waals surface area contributed by atoms with Crippen molar-refractivity contribution in [2.75, 3.05) is 16.5 Å². The first-order valence-corrected chi connectivity index (χ1v) is 25.0. The molecule has 0 unspecified atom stereocenters. The van der Waals surface area contributed by atoms with Gasteiger partial charge in [-0.3, -0.25) is 4.57 Å². The summed E-state index contributed by atoms with van der Waals surface area (Å²) in [5, 5.41) is 2.35. The van der Waals surface area contributed by atoms with E-state index >= 15 is 0 Å². The van der Waals surface area contributed by atoms with Gasteiger partial charge in [0.05, 0.1) is 28.1 Å². The van der Waals surface area contributed by atoms with Crippen molar-refractivity contribution >= 4 is 44.6 Å². The lowest BCUT2D eigenvalue weighted by Crippen LogP contribution is -2.25. The summed E-state index contributed by atoms with van der Waals surface area (Å²) in [5.41, 5.74) is 17.8. The number of benzene rings is 7. The highest BCUT2D eigenvalue weighted by molar-refractivity contribution is 6.09. The highest BCUT2D eigenvalue weighted by Gasteiger charge is 2.34. The third-order valence-electron chi connectivity index (χ3n) is 14.1. The number of ether oxygens (including phenoxy) is 1. The predicted molar refractivity (Wildman–Crippen MR) is 298 cm³/mol. The van der Waals surface area contributed by atoms with E-state index in [1.54, 1.807) is 0 Å². The van der Waals surface area contributed by atoms with Gasteiger partial charge in [-0.15, -0.1) is 0 Å². The summed E-state index contributed by atoms with van der Waals surface area (Å²) in [5.74, 6) is 2.45. The Morgan fingerprint density at radius 1 is 0.443 bits per heavy atom. The number of para-hydroxylation sites is 3. The molecule has 0 N–H and O–H groups in total. The van der Waals surface area contributed by atoms with Crippen LogP contribution in [0.2, 0.25) is 0 Å². The molecular formula is C65H68N4O. The van der Waals surface area contributed by atoms with Crippen LogP contribution in [0.4, 0.5) is 22.7 Å². The van der Waals surface area contributed by atoms with E-state index < -0.39 is 0 Å². The molecule has 1 aliphatic rings. The number of nitrogens with zero attached hydrogens (tertiary/aromatic N) is 4. The molecule has 0 saturated carbocycles. The summed E-state index contributed by atoms with van der Waals surface area (Å²) in [6, 6.07) is 58.1. The fraction of sp³-hybridized carbons (Fsp3) is 0.277. The minimum absolute atomic E-state index is 0.0158. The first-order chi connectivity index (χ1) is 33.1. The minimum atomic E-state index is -0.0897. The maximum atomic E-state index is 6.93. The van der Waals surface area contributed by atoms with E-state index in [0.29, 0.717) is 6.67 Å². The van der Waals surface area contributed by atoms with Crippen molar-refractivity contribution in [3.05, 3.63) is 192 Å². The van der Waals surface area contributed by atoms with Gasteiger partial charge >= 0.3 is 0 Å². The fourth-order valence-electron chi connectivity index (χ4n) is 10.0. The van der Waals surface area contributed by atoms with E-state index in [1.165, 1.54) is 61.3 Å². The van der Waals surface area contributed by atoms with Crippen molar-refractivity contribution in [2.45, 2.75) is 112 Å². The molecule has 0 bridgehead atoms. The average molecular weight is 921 g/mol. The monoisotopic (exact) mass is 921 g/mol. The molecule has 0 amide bonds. The van der Waals surface area contributed by atoms with Crippen LogP contribution in [0, 0.1) is 6.92 Å². The highest BCUT2D eigenvalue weighted by Crippen LogP contribution is 2.52. The standard InChI is InChI=1S/C65H68N4O/c1-42-31-49(39-51(32-42)70-50-27-28-53-52-23-17-18-24-56(52)69(59(53)40-50)60-38-45(29-30-66-60)62(2,3)4)67-41-68(58-26-20-19-25-57(58)67)61-54(43-21-15-14-16-22-43)36-48(65(11,12)13)37-55(61)44-33-46(63(5,6)7)35-47(34-44)64(8,9)10/h14-40H,41H2,1-13H3. The summed E-state index contributed by atoms with van der Waals surface area (Å²) < 4.78 is 9.21. The molecule has 2 aromatic heterocycles. The Balaban J connectivity index is 1.10. The van der Waals surface area contributed by atoms with Crippen molar-refractivity contribution in [1.82, 2.24) is 9.55 Å². The Labute approximate surface area is 416 Å². The smallest absolute Gasteiger partial charge is 0.137 e. The number of fused-ring (bicyclic) bond motifs is 4. The van der Waals surface area contributed by atoms with E-state index in [1.807, 2.05) is 6.20 Å². The molecule has 7 aromatic carbocycles. The first kappa shape index (κ1) is 46.6. The Kier molecular flexibility index (Phi) is 11.4. The minimum Gasteiger partial charge on any atom is -0.457 e. The second-order valence-electron chi connectivity index (χ2n) is 23.6. The van der Waals surface area contributed by atoms with Crippen molar-refractivity contribution < 1.29 is 4.74 Å². The Morgan fingerprint density at radius 2 is 1.01 bits per heavy atom. The number of anilines is 4. The van der Waals surface area contributed by atoms with Gasteiger partial charge in [0.15, 0.2) is 0 Å². The Hall–Kier alpha value is -7.11. The van der Waals surface area contributed by atoms with Crippen LogP contribution in [0.3, 0.4) is 0 Å². The second kappa shape index (κ2) is 17.1. The Bertz CT molecular complexity index is 3410. The average Bonchev–Trinajstić information content (AvgIpc) is 3.86. The van der Waals surface area contributed by atoms with Gasteiger partial charge in [0.1, 0.15) is 24.0 Å². The molecule has 0 atom stereocenters. The normalized spacial score (nSPS) is 13.4. The van der Waals surface area contributed by atoms with E-state index in [4.69, 9.17) is 9.72 Å². The molecule has 354 valence electrons. The fourth-order valence-corrected chi connectivity index (χ4v) is 10.0. The topological polar surface area (TPSA) is 33.5 Å². The Morgan fingerprint density at radius 3 is 1.67 bits per heavy atom. The SMILES string of the molecule is Cc1cc(Oc2ccc3c4ccccc4n(-c4cc(C(C)(C)C)ccn4)c3c2)cc(N2CN(c3c(-c4ccccc4)cc(C(C)(C)C)cc3-c3cc(C(C)(C)C)cc(C(C)(C)C)c3)c3ccccc32)c1. The summed E-state index contributed by atoms with van der Waals surface area (Å²) >= 11 is 0. The summed E-state index contributed by atoms with van der Waals surface area (Å²) in [6.07, 6.45) is 1.93. The molecule has 5 heteroatoms. The number of aryl methyl sites for hydroxylation is 1. The van der Waals surface area contributed by atoms with Crippen LogP contribution in [0.1, 0.15) is 111 Å². The zero-order chi connectivity index (χ0) is 49.5. The molecule has 0 aliphatic carbocycles.